The Balaban J connectivity index is 1.71. The van der Waals surface area contributed by atoms with E-state index in [1.54, 1.807) is 11.6 Å². The van der Waals surface area contributed by atoms with E-state index in [2.05, 4.69) is 71.7 Å². The average Bonchev–Trinajstić information content (AvgIpc) is 3.17. The highest BCUT2D eigenvalue weighted by Gasteiger charge is 2.33. The smallest absolute Gasteiger partial charge is 0.267 e. The SMILES string of the molecule is CC(c1ccccc1)N1c2ccccc2NC1c1cccc(/C=C/C(=O)NO)c1. The van der Waals surface area contributed by atoms with Crippen molar-refractivity contribution in [3.05, 3.63) is 102 Å². The van der Waals surface area contributed by atoms with Gasteiger partial charge in [0.15, 0.2) is 0 Å². The van der Waals surface area contributed by atoms with Crippen molar-refractivity contribution in [1.29, 1.82) is 0 Å². The average molecular weight is 385 g/mol. The molecule has 1 amide bonds. The van der Waals surface area contributed by atoms with Gasteiger partial charge in [0.25, 0.3) is 5.91 Å². The summed E-state index contributed by atoms with van der Waals surface area (Å²) in [7, 11) is 0. The molecule has 0 spiro atoms. The number of para-hydroxylation sites is 2. The van der Waals surface area contributed by atoms with E-state index >= 15 is 0 Å². The number of nitrogens with one attached hydrogen (secondary N) is 2. The molecule has 1 heterocycles. The molecule has 3 aromatic carbocycles. The number of anilines is 2. The van der Waals surface area contributed by atoms with Crippen molar-refractivity contribution < 1.29 is 10.0 Å². The predicted octanol–water partition coefficient (Wildman–Crippen LogP) is 4.90. The first kappa shape index (κ1) is 18.8. The van der Waals surface area contributed by atoms with Crippen molar-refractivity contribution in [3.8, 4) is 0 Å². The monoisotopic (exact) mass is 385 g/mol. The van der Waals surface area contributed by atoms with Gasteiger partial charge >= 0.3 is 0 Å². The number of rotatable bonds is 5. The molecule has 5 heteroatoms. The molecule has 0 aromatic heterocycles. The molecule has 2 unspecified atom stereocenters. The first-order chi connectivity index (χ1) is 14.2. The van der Waals surface area contributed by atoms with Crippen LogP contribution < -0.4 is 15.7 Å². The molecule has 3 aromatic rings. The molecule has 146 valence electrons. The summed E-state index contributed by atoms with van der Waals surface area (Å²) in [6.07, 6.45) is 2.95. The van der Waals surface area contributed by atoms with Gasteiger partial charge in [-0.2, -0.15) is 0 Å². The van der Waals surface area contributed by atoms with E-state index in [1.807, 2.05) is 24.3 Å². The molecule has 1 aliphatic heterocycles. The first-order valence-corrected chi connectivity index (χ1v) is 9.58. The lowest BCUT2D eigenvalue weighted by Gasteiger charge is -2.33. The summed E-state index contributed by atoms with van der Waals surface area (Å²) in [6.45, 7) is 2.21. The molecule has 3 N–H and O–H groups in total. The normalized spacial score (nSPS) is 16.3. The second kappa shape index (κ2) is 8.20. The van der Waals surface area contributed by atoms with Crippen LogP contribution in [0.3, 0.4) is 0 Å². The van der Waals surface area contributed by atoms with E-state index in [9.17, 15) is 4.79 Å². The van der Waals surface area contributed by atoms with Crippen LogP contribution in [0.5, 0.6) is 0 Å². The third-order valence-corrected chi connectivity index (χ3v) is 5.22. The van der Waals surface area contributed by atoms with Crippen molar-refractivity contribution in [2.75, 3.05) is 10.2 Å². The van der Waals surface area contributed by atoms with E-state index in [4.69, 9.17) is 5.21 Å². The Hall–Kier alpha value is -3.57. The lowest BCUT2D eigenvalue weighted by molar-refractivity contribution is -0.124. The maximum absolute atomic E-state index is 11.3. The molecular weight excluding hydrogens is 362 g/mol. The maximum Gasteiger partial charge on any atom is 0.267 e. The number of nitrogens with zero attached hydrogens (tertiary/aromatic N) is 1. The van der Waals surface area contributed by atoms with Gasteiger partial charge in [-0.3, -0.25) is 10.0 Å². The quantitative estimate of drug-likeness (QED) is 0.332. The third kappa shape index (κ3) is 3.86. The first-order valence-electron chi connectivity index (χ1n) is 9.58. The summed E-state index contributed by atoms with van der Waals surface area (Å²) in [5.74, 6) is -0.555. The minimum Gasteiger partial charge on any atom is -0.360 e. The molecule has 4 rings (SSSR count). The Morgan fingerprint density at radius 1 is 1.07 bits per heavy atom. The highest BCUT2D eigenvalue weighted by Crippen LogP contribution is 2.45. The summed E-state index contributed by atoms with van der Waals surface area (Å²) < 4.78 is 0. The minimum absolute atomic E-state index is 0.0392. The molecule has 5 nitrogen and oxygen atoms in total. The molecular formula is C24H23N3O2. The number of carbonyl (C=O) groups is 1. The standard InChI is InChI=1S/C24H23N3O2/c1-17(19-9-3-2-4-10-19)27-22-13-6-5-12-21(22)25-24(27)20-11-7-8-18(16-20)14-15-23(28)26-29/h2-17,24-25,29H,1H3,(H,26,28)/b15-14+. The zero-order valence-corrected chi connectivity index (χ0v) is 16.1. The Kier molecular flexibility index (Phi) is 5.31. The van der Waals surface area contributed by atoms with Gasteiger partial charge in [0, 0.05) is 6.08 Å². The van der Waals surface area contributed by atoms with Crippen LogP contribution in [0.4, 0.5) is 11.4 Å². The fourth-order valence-electron chi connectivity index (χ4n) is 3.79. The van der Waals surface area contributed by atoms with Crippen molar-refractivity contribution >= 4 is 23.4 Å². The Bertz CT molecular complexity index is 1030. The predicted molar refractivity (Wildman–Crippen MR) is 116 cm³/mol. The Morgan fingerprint density at radius 2 is 1.83 bits per heavy atom. The van der Waals surface area contributed by atoms with Gasteiger partial charge in [0.1, 0.15) is 6.17 Å². The number of carbonyl (C=O) groups excluding carboxylic acids is 1. The van der Waals surface area contributed by atoms with Gasteiger partial charge in [-0.15, -0.1) is 0 Å². The number of benzene rings is 3. The van der Waals surface area contributed by atoms with Crippen LogP contribution >= 0.6 is 0 Å². The molecule has 0 radical (unpaired) electrons. The number of fused-ring (bicyclic) bond motifs is 1. The molecule has 29 heavy (non-hydrogen) atoms. The van der Waals surface area contributed by atoms with Gasteiger partial charge in [-0.1, -0.05) is 60.7 Å². The number of hydrogen-bond acceptors (Lipinski definition) is 4. The van der Waals surface area contributed by atoms with Crippen LogP contribution in [0, 0.1) is 0 Å². The van der Waals surface area contributed by atoms with Crippen molar-refractivity contribution in [3.63, 3.8) is 0 Å². The highest BCUT2D eigenvalue weighted by molar-refractivity contribution is 5.90. The summed E-state index contributed by atoms with van der Waals surface area (Å²) in [4.78, 5) is 13.7. The number of amides is 1. The molecule has 0 bridgehead atoms. The van der Waals surface area contributed by atoms with Gasteiger partial charge in [0.2, 0.25) is 0 Å². The molecule has 0 saturated heterocycles. The van der Waals surface area contributed by atoms with Crippen molar-refractivity contribution in [2.24, 2.45) is 0 Å². The van der Waals surface area contributed by atoms with E-state index in [0.717, 1.165) is 22.5 Å². The summed E-state index contributed by atoms with van der Waals surface area (Å²) in [6, 6.07) is 27.0. The van der Waals surface area contributed by atoms with Crippen LogP contribution in [-0.2, 0) is 4.79 Å². The summed E-state index contributed by atoms with van der Waals surface area (Å²) in [5, 5.41) is 12.3. The fraction of sp³-hybridized carbons (Fsp3) is 0.125. The second-order valence-corrected chi connectivity index (χ2v) is 7.04. The van der Waals surface area contributed by atoms with Crippen LogP contribution in [0.2, 0.25) is 0 Å². The number of hydrogen-bond donors (Lipinski definition) is 3. The lowest BCUT2D eigenvalue weighted by Crippen LogP contribution is -2.30. The molecule has 2 atom stereocenters. The lowest BCUT2D eigenvalue weighted by atomic mass is 10.0. The zero-order valence-electron chi connectivity index (χ0n) is 16.1. The van der Waals surface area contributed by atoms with E-state index in [1.165, 1.54) is 11.6 Å². The summed E-state index contributed by atoms with van der Waals surface area (Å²) >= 11 is 0. The van der Waals surface area contributed by atoms with E-state index < -0.39 is 5.91 Å². The largest absolute Gasteiger partial charge is 0.360 e. The van der Waals surface area contributed by atoms with Crippen LogP contribution in [0.25, 0.3) is 6.08 Å². The third-order valence-electron chi connectivity index (χ3n) is 5.22. The van der Waals surface area contributed by atoms with Crippen LogP contribution in [-0.4, -0.2) is 11.1 Å². The Labute approximate surface area is 170 Å². The maximum atomic E-state index is 11.3. The highest BCUT2D eigenvalue weighted by atomic mass is 16.5. The van der Waals surface area contributed by atoms with Gasteiger partial charge in [-0.05, 0) is 47.9 Å². The fourth-order valence-corrected chi connectivity index (χ4v) is 3.79. The van der Waals surface area contributed by atoms with Crippen LogP contribution in [0.1, 0.15) is 35.8 Å². The van der Waals surface area contributed by atoms with E-state index in [-0.39, 0.29) is 12.2 Å². The van der Waals surface area contributed by atoms with Gasteiger partial charge in [0.05, 0.1) is 17.4 Å². The van der Waals surface area contributed by atoms with Crippen LogP contribution in [0.15, 0.2) is 84.9 Å². The summed E-state index contributed by atoms with van der Waals surface area (Å²) in [5.41, 5.74) is 7.09. The number of hydroxylamine groups is 1. The topological polar surface area (TPSA) is 64.6 Å². The Morgan fingerprint density at radius 3 is 2.62 bits per heavy atom. The second-order valence-electron chi connectivity index (χ2n) is 7.04. The van der Waals surface area contributed by atoms with Crippen molar-refractivity contribution in [2.45, 2.75) is 19.1 Å². The minimum atomic E-state index is -0.555. The molecule has 0 fully saturated rings. The van der Waals surface area contributed by atoms with Gasteiger partial charge in [-0.25, -0.2) is 5.48 Å². The van der Waals surface area contributed by atoms with Crippen molar-refractivity contribution in [1.82, 2.24) is 5.48 Å². The molecule has 0 saturated carbocycles. The van der Waals surface area contributed by atoms with E-state index in [0.29, 0.717) is 0 Å². The van der Waals surface area contributed by atoms with Gasteiger partial charge < -0.3 is 10.2 Å². The molecule has 1 aliphatic rings. The zero-order chi connectivity index (χ0) is 20.2. The molecule has 0 aliphatic carbocycles.